The average Bonchev–Trinajstić information content (AvgIpc) is 3.57. The summed E-state index contributed by atoms with van der Waals surface area (Å²) in [5.41, 5.74) is 9.23. The molecule has 160 valence electrons. The Kier molecular flexibility index (Phi) is 4.73. The van der Waals surface area contributed by atoms with E-state index in [2.05, 4.69) is 15.3 Å². The van der Waals surface area contributed by atoms with Gasteiger partial charge in [-0.1, -0.05) is 12.1 Å². The Hall–Kier alpha value is -3.27. The van der Waals surface area contributed by atoms with E-state index in [1.54, 1.807) is 12.1 Å². The molecular formula is C21H22N6O3S. The molecule has 1 aliphatic heterocycles. The van der Waals surface area contributed by atoms with Crippen molar-refractivity contribution in [1.29, 1.82) is 0 Å². The zero-order valence-corrected chi connectivity index (χ0v) is 17.6. The molecule has 1 saturated heterocycles. The third kappa shape index (κ3) is 4.15. The molecule has 3 heterocycles. The fourth-order valence-electron chi connectivity index (χ4n) is 3.61. The number of nitrogens with zero attached hydrogens (tertiary/aromatic N) is 4. The van der Waals surface area contributed by atoms with Crippen molar-refractivity contribution in [2.75, 3.05) is 35.2 Å². The summed E-state index contributed by atoms with van der Waals surface area (Å²) in [6.07, 6.45) is 2.09. The number of carbonyl (C=O) groups is 1. The largest absolute Gasteiger partial charge is 0.368 e. The third-order valence-corrected chi connectivity index (χ3v) is 7.15. The van der Waals surface area contributed by atoms with Gasteiger partial charge < -0.3 is 16.0 Å². The van der Waals surface area contributed by atoms with Crippen LogP contribution in [0.4, 0.5) is 11.8 Å². The van der Waals surface area contributed by atoms with Gasteiger partial charge in [0.05, 0.1) is 22.7 Å². The molecule has 10 heteroatoms. The van der Waals surface area contributed by atoms with E-state index in [9.17, 15) is 13.2 Å². The molecule has 1 aromatic carbocycles. The van der Waals surface area contributed by atoms with Crippen molar-refractivity contribution in [2.45, 2.75) is 18.9 Å². The van der Waals surface area contributed by atoms with E-state index in [0.717, 1.165) is 18.4 Å². The van der Waals surface area contributed by atoms with Crippen LogP contribution in [0.5, 0.6) is 0 Å². The Labute approximate surface area is 179 Å². The fraction of sp³-hybridized carbons (Fsp3) is 0.333. The molecule has 1 amide bonds. The van der Waals surface area contributed by atoms with E-state index < -0.39 is 9.84 Å². The van der Waals surface area contributed by atoms with Gasteiger partial charge in [-0.25, -0.2) is 18.4 Å². The number of rotatable bonds is 4. The highest BCUT2D eigenvalue weighted by atomic mass is 32.2. The van der Waals surface area contributed by atoms with Crippen LogP contribution in [0.25, 0.3) is 22.3 Å². The second kappa shape index (κ2) is 7.45. The number of fused-ring (bicyclic) bond motifs is 1. The van der Waals surface area contributed by atoms with Crippen LogP contribution in [-0.4, -0.2) is 59.9 Å². The van der Waals surface area contributed by atoms with Crippen LogP contribution in [0.15, 0.2) is 36.4 Å². The molecule has 0 unspecified atom stereocenters. The van der Waals surface area contributed by atoms with Crippen molar-refractivity contribution in [3.05, 3.63) is 42.0 Å². The van der Waals surface area contributed by atoms with Crippen molar-refractivity contribution in [3.63, 3.8) is 0 Å². The number of hydrogen-bond donors (Lipinski definition) is 2. The smallest absolute Gasteiger partial charge is 0.251 e. The Morgan fingerprint density at radius 2 is 1.71 bits per heavy atom. The van der Waals surface area contributed by atoms with Gasteiger partial charge in [0, 0.05) is 30.3 Å². The summed E-state index contributed by atoms with van der Waals surface area (Å²) in [5.74, 6) is 0.744. The highest BCUT2D eigenvalue weighted by Gasteiger charge is 2.25. The van der Waals surface area contributed by atoms with Gasteiger partial charge in [-0.15, -0.1) is 0 Å². The summed E-state index contributed by atoms with van der Waals surface area (Å²) in [6.45, 7) is 0.676. The first-order valence-electron chi connectivity index (χ1n) is 10.2. The summed E-state index contributed by atoms with van der Waals surface area (Å²) >= 11 is 0. The van der Waals surface area contributed by atoms with Gasteiger partial charge in [0.2, 0.25) is 5.95 Å². The molecule has 5 rings (SSSR count). The number of sulfone groups is 1. The van der Waals surface area contributed by atoms with E-state index in [4.69, 9.17) is 10.7 Å². The molecule has 3 aromatic rings. The lowest BCUT2D eigenvalue weighted by molar-refractivity contribution is 0.0951. The first-order valence-corrected chi connectivity index (χ1v) is 12.0. The molecule has 31 heavy (non-hydrogen) atoms. The van der Waals surface area contributed by atoms with Crippen LogP contribution in [0.1, 0.15) is 23.2 Å². The molecule has 9 nitrogen and oxygen atoms in total. The predicted octanol–water partition coefficient (Wildman–Crippen LogP) is 1.40. The molecule has 1 aliphatic carbocycles. The monoisotopic (exact) mass is 438 g/mol. The third-order valence-electron chi connectivity index (χ3n) is 5.54. The van der Waals surface area contributed by atoms with Gasteiger partial charge in [-0.05, 0) is 37.1 Å². The Morgan fingerprint density at radius 1 is 1.00 bits per heavy atom. The van der Waals surface area contributed by atoms with Crippen molar-refractivity contribution >= 4 is 38.5 Å². The van der Waals surface area contributed by atoms with Crippen LogP contribution in [-0.2, 0) is 9.84 Å². The summed E-state index contributed by atoms with van der Waals surface area (Å²) in [4.78, 5) is 27.5. The van der Waals surface area contributed by atoms with E-state index in [1.165, 1.54) is 0 Å². The van der Waals surface area contributed by atoms with Crippen LogP contribution in [0, 0.1) is 0 Å². The van der Waals surface area contributed by atoms with Crippen LogP contribution in [0.2, 0.25) is 0 Å². The van der Waals surface area contributed by atoms with Gasteiger partial charge >= 0.3 is 0 Å². The number of hydrogen-bond acceptors (Lipinski definition) is 8. The van der Waals surface area contributed by atoms with E-state index in [1.807, 2.05) is 29.2 Å². The van der Waals surface area contributed by atoms with E-state index in [0.29, 0.717) is 47.2 Å². The molecule has 0 atom stereocenters. The summed E-state index contributed by atoms with van der Waals surface area (Å²) in [6, 6.07) is 11.3. The standard InChI is InChI=1S/C21H22N6O3S/c22-21-25-17-8-7-16(13-1-3-14(4-2-13)20(28)23-15-5-6-15)24-18(17)19(26-21)27-9-11-31(29,30)12-10-27/h1-4,7-8,15H,5-6,9-12H2,(H,23,28)(H2,22,25,26). The molecule has 0 bridgehead atoms. The minimum absolute atomic E-state index is 0.0632. The topological polar surface area (TPSA) is 131 Å². The average molecular weight is 439 g/mol. The number of nitrogen functional groups attached to an aromatic ring is 1. The zero-order valence-electron chi connectivity index (χ0n) is 16.8. The Balaban J connectivity index is 1.47. The van der Waals surface area contributed by atoms with Gasteiger partial charge in [-0.2, -0.15) is 4.98 Å². The molecule has 2 aromatic heterocycles. The second-order valence-electron chi connectivity index (χ2n) is 7.93. The molecule has 2 aliphatic rings. The van der Waals surface area contributed by atoms with Crippen LogP contribution >= 0.6 is 0 Å². The van der Waals surface area contributed by atoms with Crippen molar-refractivity contribution in [3.8, 4) is 11.3 Å². The lowest BCUT2D eigenvalue weighted by atomic mass is 10.1. The van der Waals surface area contributed by atoms with Crippen molar-refractivity contribution < 1.29 is 13.2 Å². The Bertz CT molecular complexity index is 1260. The summed E-state index contributed by atoms with van der Waals surface area (Å²) in [5, 5.41) is 2.98. The minimum atomic E-state index is -3.02. The molecule has 0 spiro atoms. The molecule has 0 radical (unpaired) electrons. The van der Waals surface area contributed by atoms with Crippen LogP contribution in [0.3, 0.4) is 0 Å². The van der Waals surface area contributed by atoms with Gasteiger partial charge in [0.15, 0.2) is 15.7 Å². The molecular weight excluding hydrogens is 416 g/mol. The maximum Gasteiger partial charge on any atom is 0.251 e. The number of carbonyl (C=O) groups excluding carboxylic acids is 1. The van der Waals surface area contributed by atoms with Crippen LogP contribution < -0.4 is 16.0 Å². The SMILES string of the molecule is Nc1nc(N2CCS(=O)(=O)CC2)c2nc(-c3ccc(C(=O)NC4CC4)cc3)ccc2n1. The number of nitrogens with two attached hydrogens (primary N) is 1. The fourth-order valence-corrected chi connectivity index (χ4v) is 4.81. The predicted molar refractivity (Wildman–Crippen MR) is 119 cm³/mol. The number of aromatic nitrogens is 3. The minimum Gasteiger partial charge on any atom is -0.368 e. The molecule has 1 saturated carbocycles. The summed E-state index contributed by atoms with van der Waals surface area (Å²) < 4.78 is 23.6. The maximum absolute atomic E-state index is 12.2. The normalized spacial score (nSPS) is 18.1. The quantitative estimate of drug-likeness (QED) is 0.625. The lowest BCUT2D eigenvalue weighted by Gasteiger charge is -2.28. The summed E-state index contributed by atoms with van der Waals surface area (Å²) in [7, 11) is -3.02. The number of anilines is 2. The van der Waals surface area contributed by atoms with Gasteiger partial charge in [0.1, 0.15) is 5.52 Å². The van der Waals surface area contributed by atoms with Crippen molar-refractivity contribution in [1.82, 2.24) is 20.3 Å². The second-order valence-corrected chi connectivity index (χ2v) is 10.2. The van der Waals surface area contributed by atoms with Crippen molar-refractivity contribution in [2.24, 2.45) is 0 Å². The number of pyridine rings is 1. The number of nitrogens with one attached hydrogen (secondary N) is 1. The van der Waals surface area contributed by atoms with E-state index in [-0.39, 0.29) is 23.4 Å². The first-order chi connectivity index (χ1) is 14.9. The van der Waals surface area contributed by atoms with Gasteiger partial charge in [-0.3, -0.25) is 4.79 Å². The highest BCUT2D eigenvalue weighted by Crippen LogP contribution is 2.28. The van der Waals surface area contributed by atoms with Gasteiger partial charge in [0.25, 0.3) is 5.91 Å². The zero-order chi connectivity index (χ0) is 21.6. The molecule has 2 fully saturated rings. The number of amides is 1. The maximum atomic E-state index is 12.2. The van der Waals surface area contributed by atoms with E-state index >= 15 is 0 Å². The number of benzene rings is 1. The lowest BCUT2D eigenvalue weighted by Crippen LogP contribution is -2.41. The first kappa shape index (κ1) is 19.7. The highest BCUT2D eigenvalue weighted by molar-refractivity contribution is 7.91. The Morgan fingerprint density at radius 3 is 2.39 bits per heavy atom. The molecule has 3 N–H and O–H groups in total.